The van der Waals surface area contributed by atoms with Gasteiger partial charge in [-0.2, -0.15) is 4.91 Å². The molecule has 3 heteroatoms. The van der Waals surface area contributed by atoms with Crippen LogP contribution in [-0.4, -0.2) is 18.2 Å². The summed E-state index contributed by atoms with van der Waals surface area (Å²) in [5.74, 6) is 6.10. The van der Waals surface area contributed by atoms with Crippen molar-refractivity contribution in [2.45, 2.75) is 76.4 Å². The third-order valence-corrected chi connectivity index (χ3v) is 10.6. The molecule has 9 atom stereocenters. The summed E-state index contributed by atoms with van der Waals surface area (Å²) in [6.45, 7) is 3.44. The minimum Gasteiger partial charge on any atom is -0.366 e. The van der Waals surface area contributed by atoms with E-state index in [1.165, 1.54) is 38.5 Å². The zero-order valence-electron chi connectivity index (χ0n) is 17.1. The van der Waals surface area contributed by atoms with Crippen molar-refractivity contribution in [3.8, 4) is 0 Å². The SMILES string of the molecule is C[C@]12CCC3C4=C(CC(N=O)CC4)CC(C4CC4)C3C1C1CC1[C@@]21C=CCO1. The number of rotatable bonds is 2. The van der Waals surface area contributed by atoms with Gasteiger partial charge in [-0.25, -0.2) is 0 Å². The van der Waals surface area contributed by atoms with Crippen molar-refractivity contribution in [1.29, 1.82) is 0 Å². The third-order valence-electron chi connectivity index (χ3n) is 10.6. The fraction of sp³-hybridized carbons (Fsp3) is 0.840. The summed E-state index contributed by atoms with van der Waals surface area (Å²) < 4.78 is 6.58. The van der Waals surface area contributed by atoms with E-state index < -0.39 is 0 Å². The molecule has 3 nitrogen and oxygen atoms in total. The highest BCUT2D eigenvalue weighted by Gasteiger charge is 2.77. The van der Waals surface area contributed by atoms with E-state index in [2.05, 4.69) is 24.3 Å². The minimum atomic E-state index is 0.0589. The van der Waals surface area contributed by atoms with Gasteiger partial charge in [0, 0.05) is 5.41 Å². The highest BCUT2D eigenvalue weighted by Crippen LogP contribution is 2.78. The van der Waals surface area contributed by atoms with E-state index >= 15 is 0 Å². The Morgan fingerprint density at radius 3 is 2.79 bits per heavy atom. The van der Waals surface area contributed by atoms with Crippen molar-refractivity contribution in [3.63, 3.8) is 0 Å². The van der Waals surface area contributed by atoms with E-state index in [1.54, 1.807) is 11.1 Å². The molecular formula is C25H33NO2. The number of nitrogens with zero attached hydrogens (tertiary/aromatic N) is 1. The Kier molecular flexibility index (Phi) is 3.23. The van der Waals surface area contributed by atoms with Crippen LogP contribution in [0, 0.1) is 51.7 Å². The molecule has 0 bridgehead atoms. The maximum absolute atomic E-state index is 11.2. The molecule has 4 fully saturated rings. The van der Waals surface area contributed by atoms with Gasteiger partial charge in [0.05, 0.1) is 18.2 Å². The Labute approximate surface area is 168 Å². The Balaban J connectivity index is 1.31. The van der Waals surface area contributed by atoms with Crippen LogP contribution in [0.25, 0.3) is 0 Å². The lowest BCUT2D eigenvalue weighted by Crippen LogP contribution is -2.55. The van der Waals surface area contributed by atoms with Gasteiger partial charge in [-0.3, -0.25) is 0 Å². The van der Waals surface area contributed by atoms with Gasteiger partial charge in [0.15, 0.2) is 0 Å². The van der Waals surface area contributed by atoms with Gasteiger partial charge in [0.2, 0.25) is 0 Å². The average molecular weight is 380 g/mol. The van der Waals surface area contributed by atoms with Crippen LogP contribution in [0.1, 0.15) is 64.7 Å². The van der Waals surface area contributed by atoms with Gasteiger partial charge in [-0.15, -0.1) is 0 Å². The lowest BCUT2D eigenvalue weighted by molar-refractivity contribution is -0.130. The number of hydrogen-bond donors (Lipinski definition) is 0. The van der Waals surface area contributed by atoms with Crippen molar-refractivity contribution in [2.24, 2.45) is 52.0 Å². The summed E-state index contributed by atoms with van der Waals surface area (Å²) in [4.78, 5) is 11.2. The summed E-state index contributed by atoms with van der Waals surface area (Å²) in [6.07, 6.45) is 16.2. The van der Waals surface area contributed by atoms with Crippen LogP contribution in [0.4, 0.5) is 0 Å². The van der Waals surface area contributed by atoms with Crippen LogP contribution in [0.2, 0.25) is 0 Å². The lowest BCUT2D eigenvalue weighted by Gasteiger charge is -2.58. The van der Waals surface area contributed by atoms with Gasteiger partial charge in [0.25, 0.3) is 0 Å². The van der Waals surface area contributed by atoms with E-state index in [0.29, 0.717) is 5.41 Å². The molecular weight excluding hydrogens is 346 g/mol. The molecule has 1 heterocycles. The van der Waals surface area contributed by atoms with E-state index in [9.17, 15) is 4.91 Å². The van der Waals surface area contributed by atoms with Gasteiger partial charge in [0.1, 0.15) is 0 Å². The molecule has 0 saturated heterocycles. The molecule has 0 aromatic heterocycles. The molecule has 1 spiro atoms. The smallest absolute Gasteiger partial charge is 0.0959 e. The molecule has 0 aromatic carbocycles. The summed E-state index contributed by atoms with van der Waals surface area (Å²) in [6, 6.07) is 0.0589. The molecule has 7 rings (SSSR count). The van der Waals surface area contributed by atoms with E-state index in [0.717, 1.165) is 67.3 Å². The quantitative estimate of drug-likeness (QED) is 0.459. The van der Waals surface area contributed by atoms with Crippen molar-refractivity contribution in [3.05, 3.63) is 28.2 Å². The predicted molar refractivity (Wildman–Crippen MR) is 109 cm³/mol. The van der Waals surface area contributed by atoms with Crippen LogP contribution in [-0.2, 0) is 4.74 Å². The van der Waals surface area contributed by atoms with Crippen LogP contribution >= 0.6 is 0 Å². The van der Waals surface area contributed by atoms with Gasteiger partial charge in [-0.1, -0.05) is 35.4 Å². The number of fused-ring (bicyclic) bond motifs is 8. The monoisotopic (exact) mass is 379 g/mol. The van der Waals surface area contributed by atoms with E-state index in [1.807, 2.05) is 0 Å². The summed E-state index contributed by atoms with van der Waals surface area (Å²) >= 11 is 0. The molecule has 28 heavy (non-hydrogen) atoms. The topological polar surface area (TPSA) is 38.7 Å². The van der Waals surface area contributed by atoms with Crippen LogP contribution in [0.15, 0.2) is 28.5 Å². The second-order valence-corrected chi connectivity index (χ2v) is 11.5. The molecule has 150 valence electrons. The van der Waals surface area contributed by atoms with Crippen molar-refractivity contribution in [1.82, 2.24) is 0 Å². The van der Waals surface area contributed by atoms with Crippen molar-refractivity contribution >= 4 is 0 Å². The number of hydrogen-bond acceptors (Lipinski definition) is 3. The first-order valence-electron chi connectivity index (χ1n) is 12.0. The first-order valence-corrected chi connectivity index (χ1v) is 12.0. The molecule has 0 aromatic rings. The lowest BCUT2D eigenvalue weighted by atomic mass is 9.48. The molecule has 7 aliphatic rings. The zero-order valence-corrected chi connectivity index (χ0v) is 17.1. The largest absolute Gasteiger partial charge is 0.366 e. The maximum Gasteiger partial charge on any atom is 0.0959 e. The first-order chi connectivity index (χ1) is 13.7. The Bertz CT molecular complexity index is 796. The van der Waals surface area contributed by atoms with Gasteiger partial charge in [-0.05, 0) is 99.2 Å². The van der Waals surface area contributed by atoms with Crippen LogP contribution in [0.5, 0.6) is 0 Å². The van der Waals surface area contributed by atoms with E-state index in [4.69, 9.17) is 4.74 Å². The van der Waals surface area contributed by atoms with Gasteiger partial charge >= 0.3 is 0 Å². The number of ether oxygens (including phenoxy) is 1. The Hall–Kier alpha value is -0.960. The molecule has 0 amide bonds. The van der Waals surface area contributed by atoms with Crippen molar-refractivity contribution in [2.75, 3.05) is 6.61 Å². The van der Waals surface area contributed by atoms with Crippen LogP contribution in [0.3, 0.4) is 0 Å². The second-order valence-electron chi connectivity index (χ2n) is 11.5. The molecule has 0 N–H and O–H groups in total. The average Bonchev–Trinajstić information content (AvgIpc) is 3.64. The summed E-state index contributed by atoms with van der Waals surface area (Å²) in [5, 5.41) is 3.45. The fourth-order valence-corrected chi connectivity index (χ4v) is 9.44. The maximum atomic E-state index is 11.2. The number of allylic oxidation sites excluding steroid dienone is 1. The standard InChI is InChI=1S/C25H33NO2/c1-24-9-7-18-17-6-5-16(26-27)11-15(17)12-19(14-3-4-14)22(18)23(24)20-13-21(20)25(24)8-2-10-28-25/h2,8,14,16,18-23H,3-7,9-13H2,1H3/t16?,18?,19?,20?,21?,22?,23?,24-,25-/m0/s1. The van der Waals surface area contributed by atoms with Crippen molar-refractivity contribution < 1.29 is 4.74 Å². The third kappa shape index (κ3) is 1.91. The normalized spacial score (nSPS) is 56.2. The van der Waals surface area contributed by atoms with Crippen LogP contribution < -0.4 is 0 Å². The zero-order chi connectivity index (χ0) is 18.7. The highest BCUT2D eigenvalue weighted by atomic mass is 16.5. The predicted octanol–water partition coefficient (Wildman–Crippen LogP) is 5.66. The second kappa shape index (κ2) is 5.39. The fourth-order valence-electron chi connectivity index (χ4n) is 9.44. The first kappa shape index (κ1) is 16.8. The number of nitroso groups, excluding NO2 is 1. The highest BCUT2D eigenvalue weighted by molar-refractivity contribution is 5.36. The van der Waals surface area contributed by atoms with Gasteiger partial charge < -0.3 is 4.74 Å². The molecule has 7 unspecified atom stereocenters. The summed E-state index contributed by atoms with van der Waals surface area (Å²) in [7, 11) is 0. The van der Waals surface area contributed by atoms with E-state index in [-0.39, 0.29) is 11.6 Å². The molecule has 1 aliphatic heterocycles. The minimum absolute atomic E-state index is 0.0589. The molecule has 0 radical (unpaired) electrons. The molecule has 6 aliphatic carbocycles. The summed E-state index contributed by atoms with van der Waals surface area (Å²) in [5.41, 5.74) is 3.89. The Morgan fingerprint density at radius 2 is 2.04 bits per heavy atom. The molecule has 4 saturated carbocycles. The Morgan fingerprint density at radius 1 is 1.14 bits per heavy atom.